The van der Waals surface area contributed by atoms with E-state index in [4.69, 9.17) is 5.11 Å². The van der Waals surface area contributed by atoms with Crippen LogP contribution in [-0.2, 0) is 24.0 Å². The van der Waals surface area contributed by atoms with Crippen LogP contribution in [-0.4, -0.2) is 51.0 Å². The number of aromatic hydroxyl groups is 1. The Balaban J connectivity index is 1.60. The van der Waals surface area contributed by atoms with Crippen LogP contribution in [0.5, 0.6) is 5.75 Å². The first-order valence-electron chi connectivity index (χ1n) is 12.2. The van der Waals surface area contributed by atoms with E-state index in [9.17, 15) is 29.1 Å². The molecule has 1 aliphatic heterocycles. The molecule has 1 saturated heterocycles. The molecule has 0 saturated carbocycles. The summed E-state index contributed by atoms with van der Waals surface area (Å²) in [7, 11) is 0. The van der Waals surface area contributed by atoms with Gasteiger partial charge in [0.05, 0.1) is 11.8 Å². The number of rotatable bonds is 5. The van der Waals surface area contributed by atoms with Gasteiger partial charge in [-0.2, -0.15) is 0 Å². The van der Waals surface area contributed by atoms with E-state index >= 15 is 0 Å². The SMILES string of the molecule is CC1=CC(=O)C2=C(C1=O)[C@@H](c1cccc(C)c1O)C1=CC[C@@H]3C(=O)N(CCCC(=O)O)C(=O)[C@@H]3[C@@H]1C2. The summed E-state index contributed by atoms with van der Waals surface area (Å²) in [4.78, 5) is 65.2. The molecule has 0 aromatic heterocycles. The number of carboxylic acid groups (broad SMARTS) is 1. The van der Waals surface area contributed by atoms with Crippen molar-refractivity contribution in [3.8, 4) is 5.75 Å². The minimum Gasteiger partial charge on any atom is -0.507 e. The predicted molar refractivity (Wildman–Crippen MR) is 128 cm³/mol. The van der Waals surface area contributed by atoms with Crippen LogP contribution in [0.3, 0.4) is 0 Å². The maximum absolute atomic E-state index is 13.5. The van der Waals surface area contributed by atoms with Gasteiger partial charge in [-0.15, -0.1) is 0 Å². The van der Waals surface area contributed by atoms with Crippen molar-refractivity contribution >= 4 is 29.4 Å². The monoisotopic (exact) mass is 489 g/mol. The molecule has 2 amide bonds. The first kappa shape index (κ1) is 23.9. The average Bonchev–Trinajstić information content (AvgIpc) is 3.08. The van der Waals surface area contributed by atoms with Gasteiger partial charge in [-0.3, -0.25) is 28.9 Å². The molecular formula is C28H27NO7. The molecule has 1 aromatic carbocycles. The molecule has 8 heteroatoms. The number of likely N-dealkylation sites (tertiary alicyclic amines) is 1. The Bertz CT molecular complexity index is 1330. The lowest BCUT2D eigenvalue weighted by Gasteiger charge is -2.42. The Morgan fingerprint density at radius 3 is 2.56 bits per heavy atom. The lowest BCUT2D eigenvalue weighted by atomic mass is 9.59. The summed E-state index contributed by atoms with van der Waals surface area (Å²) < 4.78 is 0. The molecule has 8 nitrogen and oxygen atoms in total. The molecular weight excluding hydrogens is 462 g/mol. The van der Waals surface area contributed by atoms with Gasteiger partial charge >= 0.3 is 5.97 Å². The third-order valence-corrected chi connectivity index (χ3v) is 8.01. The molecule has 4 aliphatic rings. The zero-order chi connectivity index (χ0) is 25.9. The topological polar surface area (TPSA) is 129 Å². The number of phenolic OH excluding ortho intramolecular Hbond substituents is 1. The maximum Gasteiger partial charge on any atom is 0.303 e. The Morgan fingerprint density at radius 2 is 1.83 bits per heavy atom. The van der Waals surface area contributed by atoms with Crippen molar-refractivity contribution in [1.29, 1.82) is 0 Å². The molecule has 0 bridgehead atoms. The number of Topliss-reactive ketones (excluding diaryl/α,β-unsaturated/α-hetero) is 1. The standard InChI is InChI=1S/C28H27NO7/c1-13-5-3-6-16(25(13)33)22-15-8-9-17-23(28(36)29(27(17)35)10-4-7-21(31)32)18(15)12-19-20(30)11-14(2)26(34)24(19)22/h3,5-6,8,11,17-18,22-23,33H,4,7,9-10,12H2,1-2H3,(H,31,32)/t17-,18+,22+,23-/m0/s1. The Kier molecular flexibility index (Phi) is 5.77. The highest BCUT2D eigenvalue weighted by molar-refractivity contribution is 6.24. The van der Waals surface area contributed by atoms with Gasteiger partial charge in [-0.25, -0.2) is 0 Å². The molecule has 5 rings (SSSR count). The number of hydrogen-bond acceptors (Lipinski definition) is 6. The third kappa shape index (κ3) is 3.54. The normalized spacial score (nSPS) is 27.4. The van der Waals surface area contributed by atoms with Crippen LogP contribution in [0.15, 0.2) is 52.6 Å². The first-order valence-corrected chi connectivity index (χ1v) is 12.2. The van der Waals surface area contributed by atoms with Crippen LogP contribution in [0.1, 0.15) is 49.7 Å². The number of phenols is 1. The van der Waals surface area contributed by atoms with Crippen LogP contribution in [0.2, 0.25) is 0 Å². The van der Waals surface area contributed by atoms with E-state index in [2.05, 4.69) is 0 Å². The number of aliphatic carboxylic acids is 1. The van der Waals surface area contributed by atoms with Gasteiger partial charge in [0.2, 0.25) is 11.8 Å². The van der Waals surface area contributed by atoms with E-state index in [0.29, 0.717) is 34.3 Å². The molecule has 0 radical (unpaired) electrons. The molecule has 2 N–H and O–H groups in total. The fourth-order valence-corrected chi connectivity index (χ4v) is 6.31. The van der Waals surface area contributed by atoms with E-state index < -0.39 is 29.6 Å². The van der Waals surface area contributed by atoms with Gasteiger partial charge in [0.15, 0.2) is 11.6 Å². The predicted octanol–water partition coefficient (Wildman–Crippen LogP) is 2.99. The number of carboxylic acids is 1. The van der Waals surface area contributed by atoms with E-state index in [1.165, 1.54) is 6.08 Å². The summed E-state index contributed by atoms with van der Waals surface area (Å²) in [5.74, 6) is -4.61. The molecule has 1 fully saturated rings. The van der Waals surface area contributed by atoms with Gasteiger partial charge in [0.1, 0.15) is 5.75 Å². The van der Waals surface area contributed by atoms with Crippen LogP contribution < -0.4 is 0 Å². The Morgan fingerprint density at radius 1 is 1.08 bits per heavy atom. The highest BCUT2D eigenvalue weighted by atomic mass is 16.4. The highest BCUT2D eigenvalue weighted by Gasteiger charge is 2.56. The first-order chi connectivity index (χ1) is 17.1. The van der Waals surface area contributed by atoms with Crippen LogP contribution in [0.25, 0.3) is 0 Å². The van der Waals surface area contributed by atoms with Crippen LogP contribution >= 0.6 is 0 Å². The van der Waals surface area contributed by atoms with Gasteiger partial charge in [-0.05, 0) is 50.7 Å². The van der Waals surface area contributed by atoms with Crippen LogP contribution in [0, 0.1) is 24.7 Å². The zero-order valence-corrected chi connectivity index (χ0v) is 20.1. The number of allylic oxidation sites excluding steroid dienone is 6. The number of amides is 2. The van der Waals surface area contributed by atoms with Gasteiger partial charge < -0.3 is 10.2 Å². The zero-order valence-electron chi connectivity index (χ0n) is 20.1. The molecule has 3 aliphatic carbocycles. The second kappa shape index (κ2) is 8.69. The van der Waals surface area contributed by atoms with Gasteiger partial charge in [0.25, 0.3) is 0 Å². The number of aryl methyl sites for hydroxylation is 1. The summed E-state index contributed by atoms with van der Waals surface area (Å²) in [6.07, 6.45) is 3.72. The molecule has 186 valence electrons. The Hall–Kier alpha value is -3.81. The minimum absolute atomic E-state index is 0.0361. The van der Waals surface area contributed by atoms with Gasteiger partial charge in [-0.1, -0.05) is 29.8 Å². The van der Waals surface area contributed by atoms with Crippen LogP contribution in [0.4, 0.5) is 0 Å². The molecule has 1 aromatic rings. The smallest absolute Gasteiger partial charge is 0.303 e. The maximum atomic E-state index is 13.5. The fourth-order valence-electron chi connectivity index (χ4n) is 6.31. The van der Waals surface area contributed by atoms with Crippen molar-refractivity contribution in [1.82, 2.24) is 4.90 Å². The Labute approximate surface area is 208 Å². The second-order valence-electron chi connectivity index (χ2n) is 10.1. The van der Waals surface area contributed by atoms with E-state index in [-0.39, 0.29) is 54.9 Å². The van der Waals surface area contributed by atoms with Crippen molar-refractivity contribution in [3.05, 3.63) is 63.8 Å². The summed E-state index contributed by atoms with van der Waals surface area (Å²) in [6.45, 7) is 3.39. The van der Waals surface area contributed by atoms with Crippen molar-refractivity contribution in [2.45, 2.75) is 45.4 Å². The third-order valence-electron chi connectivity index (χ3n) is 8.01. The number of imide groups is 1. The minimum atomic E-state index is -0.994. The number of fused-ring (bicyclic) bond motifs is 3. The lowest BCUT2D eigenvalue weighted by molar-refractivity contribution is -0.142. The van der Waals surface area contributed by atoms with Gasteiger partial charge in [0, 0.05) is 41.2 Å². The average molecular weight is 490 g/mol. The summed E-state index contributed by atoms with van der Waals surface area (Å²) in [5, 5.41) is 19.9. The molecule has 4 atom stereocenters. The number of hydrogen-bond donors (Lipinski definition) is 2. The van der Waals surface area contributed by atoms with E-state index in [0.717, 1.165) is 10.5 Å². The summed E-state index contributed by atoms with van der Waals surface area (Å²) >= 11 is 0. The van der Waals surface area contributed by atoms with Crippen molar-refractivity contribution in [3.63, 3.8) is 0 Å². The van der Waals surface area contributed by atoms with Crippen molar-refractivity contribution < 1.29 is 34.2 Å². The lowest BCUT2D eigenvalue weighted by Crippen LogP contribution is -2.40. The molecule has 0 spiro atoms. The van der Waals surface area contributed by atoms with E-state index in [1.807, 2.05) is 6.08 Å². The number of carbonyl (C=O) groups excluding carboxylic acids is 4. The molecule has 0 unspecified atom stereocenters. The number of nitrogens with zero attached hydrogens (tertiary/aromatic N) is 1. The molecule has 36 heavy (non-hydrogen) atoms. The number of benzene rings is 1. The van der Waals surface area contributed by atoms with Crippen molar-refractivity contribution in [2.24, 2.45) is 17.8 Å². The summed E-state index contributed by atoms with van der Waals surface area (Å²) in [6, 6.07) is 5.28. The number of carbonyl (C=O) groups is 5. The van der Waals surface area contributed by atoms with E-state index in [1.54, 1.807) is 32.0 Å². The number of ketones is 2. The fraction of sp³-hybridized carbons (Fsp3) is 0.393. The largest absolute Gasteiger partial charge is 0.507 e. The summed E-state index contributed by atoms with van der Waals surface area (Å²) in [5.41, 5.74) is 2.92. The highest BCUT2D eigenvalue weighted by Crippen LogP contribution is 2.56. The quantitative estimate of drug-likeness (QED) is 0.370. The number of para-hydroxylation sites is 1. The van der Waals surface area contributed by atoms with Crippen molar-refractivity contribution in [2.75, 3.05) is 6.54 Å². The molecule has 1 heterocycles. The second-order valence-corrected chi connectivity index (χ2v) is 10.1.